The van der Waals surface area contributed by atoms with Crippen LogP contribution >= 0.6 is 0 Å². The summed E-state index contributed by atoms with van der Waals surface area (Å²) < 4.78 is 5.30. The zero-order valence-corrected chi connectivity index (χ0v) is 12.2. The number of imide groups is 1. The molecule has 112 valence electrons. The Morgan fingerprint density at radius 2 is 1.50 bits per heavy atom. The molecule has 2 aliphatic heterocycles. The second-order valence-electron chi connectivity index (χ2n) is 6.02. The van der Waals surface area contributed by atoms with Crippen LogP contribution in [0.2, 0.25) is 0 Å². The third-order valence-corrected chi connectivity index (χ3v) is 3.22. The lowest BCUT2D eigenvalue weighted by molar-refractivity contribution is -0.159. The van der Waals surface area contributed by atoms with E-state index < -0.39 is 5.60 Å². The Balaban J connectivity index is 1.88. The number of hydrazine groups is 1. The Morgan fingerprint density at radius 1 is 1.00 bits per heavy atom. The molecule has 0 aromatic rings. The predicted molar refractivity (Wildman–Crippen MR) is 70.5 cm³/mol. The van der Waals surface area contributed by atoms with Gasteiger partial charge in [-0.1, -0.05) is 0 Å². The Hall–Kier alpha value is -1.63. The van der Waals surface area contributed by atoms with E-state index in [0.717, 1.165) is 0 Å². The van der Waals surface area contributed by atoms with Gasteiger partial charge in [0.05, 0.1) is 0 Å². The molecule has 0 spiro atoms. The Bertz CT molecular complexity index is 406. The van der Waals surface area contributed by atoms with Crippen molar-refractivity contribution in [2.24, 2.45) is 0 Å². The summed E-state index contributed by atoms with van der Waals surface area (Å²) in [5.74, 6) is -0.304. The number of ether oxygens (including phenoxy) is 1. The van der Waals surface area contributed by atoms with Gasteiger partial charge in [0.25, 0.3) is 0 Å². The standard InChI is InChI=1S/C13H21N3O4/c1-13(2,3)20-12(19)14-6-8-15(9-7-14)16-10(17)4-5-11(16)18/h4-9H2,1-3H3. The highest BCUT2D eigenvalue weighted by Crippen LogP contribution is 2.17. The van der Waals surface area contributed by atoms with Crippen molar-refractivity contribution in [3.8, 4) is 0 Å². The molecule has 2 rings (SSSR count). The fourth-order valence-electron chi connectivity index (χ4n) is 2.29. The molecular weight excluding hydrogens is 262 g/mol. The van der Waals surface area contributed by atoms with E-state index in [1.807, 2.05) is 20.8 Å². The predicted octanol–water partition coefficient (Wildman–Crippen LogP) is 0.603. The Morgan fingerprint density at radius 3 is 1.95 bits per heavy atom. The smallest absolute Gasteiger partial charge is 0.410 e. The van der Waals surface area contributed by atoms with E-state index in [0.29, 0.717) is 26.2 Å². The molecule has 0 bridgehead atoms. The molecule has 0 aromatic carbocycles. The number of carbonyl (C=O) groups is 3. The first-order valence-electron chi connectivity index (χ1n) is 6.86. The summed E-state index contributed by atoms with van der Waals surface area (Å²) in [5.41, 5.74) is -0.519. The van der Waals surface area contributed by atoms with Crippen LogP contribution in [-0.4, -0.2) is 64.6 Å². The van der Waals surface area contributed by atoms with Gasteiger partial charge in [-0.25, -0.2) is 14.8 Å². The minimum atomic E-state index is -0.519. The first-order chi connectivity index (χ1) is 9.28. The lowest BCUT2D eigenvalue weighted by atomic mass is 10.2. The van der Waals surface area contributed by atoms with Crippen molar-refractivity contribution in [2.75, 3.05) is 26.2 Å². The average Bonchev–Trinajstić information content (AvgIpc) is 2.67. The number of hydrogen-bond acceptors (Lipinski definition) is 5. The first kappa shape index (κ1) is 14.8. The van der Waals surface area contributed by atoms with Gasteiger partial charge in [-0.2, -0.15) is 0 Å². The molecular formula is C13H21N3O4. The van der Waals surface area contributed by atoms with Gasteiger partial charge in [-0.15, -0.1) is 0 Å². The monoisotopic (exact) mass is 283 g/mol. The van der Waals surface area contributed by atoms with Gasteiger partial charge in [0.15, 0.2) is 0 Å². The summed E-state index contributed by atoms with van der Waals surface area (Å²) in [4.78, 5) is 36.8. The van der Waals surface area contributed by atoms with Gasteiger partial charge in [0.1, 0.15) is 5.60 Å². The summed E-state index contributed by atoms with van der Waals surface area (Å²) in [6, 6.07) is 0. The van der Waals surface area contributed by atoms with E-state index in [1.54, 1.807) is 9.91 Å². The van der Waals surface area contributed by atoms with E-state index in [4.69, 9.17) is 4.74 Å². The number of hydrogen-bond donors (Lipinski definition) is 0. The normalized spacial score (nSPS) is 21.6. The summed E-state index contributed by atoms with van der Waals surface area (Å²) in [7, 11) is 0. The van der Waals surface area contributed by atoms with Gasteiger partial charge in [0.2, 0.25) is 11.8 Å². The maximum Gasteiger partial charge on any atom is 0.410 e. The molecule has 20 heavy (non-hydrogen) atoms. The molecule has 0 aromatic heterocycles. The molecule has 0 radical (unpaired) electrons. The van der Waals surface area contributed by atoms with Gasteiger partial charge in [-0.3, -0.25) is 9.59 Å². The lowest BCUT2D eigenvalue weighted by Gasteiger charge is -2.38. The van der Waals surface area contributed by atoms with E-state index in [1.165, 1.54) is 5.01 Å². The van der Waals surface area contributed by atoms with Crippen molar-refractivity contribution in [2.45, 2.75) is 39.2 Å². The van der Waals surface area contributed by atoms with Crippen molar-refractivity contribution >= 4 is 17.9 Å². The zero-order chi connectivity index (χ0) is 14.9. The van der Waals surface area contributed by atoms with Crippen LogP contribution in [0.25, 0.3) is 0 Å². The highest BCUT2D eigenvalue weighted by atomic mass is 16.6. The van der Waals surface area contributed by atoms with E-state index in [-0.39, 0.29) is 30.7 Å². The second-order valence-corrected chi connectivity index (χ2v) is 6.02. The highest BCUT2D eigenvalue weighted by molar-refractivity contribution is 6.01. The molecule has 3 amide bonds. The van der Waals surface area contributed by atoms with Crippen molar-refractivity contribution in [1.82, 2.24) is 14.9 Å². The minimum Gasteiger partial charge on any atom is -0.444 e. The molecule has 2 fully saturated rings. The fourth-order valence-corrected chi connectivity index (χ4v) is 2.29. The molecule has 0 saturated carbocycles. The number of carbonyl (C=O) groups excluding carboxylic acids is 3. The highest BCUT2D eigenvalue weighted by Gasteiger charge is 2.36. The largest absolute Gasteiger partial charge is 0.444 e. The number of piperazine rings is 1. The molecule has 7 nitrogen and oxygen atoms in total. The molecule has 2 saturated heterocycles. The Labute approximate surface area is 118 Å². The molecule has 7 heteroatoms. The van der Waals surface area contributed by atoms with Crippen molar-refractivity contribution < 1.29 is 19.1 Å². The second kappa shape index (κ2) is 5.40. The third kappa shape index (κ3) is 3.27. The maximum atomic E-state index is 11.9. The minimum absolute atomic E-state index is 0.152. The van der Waals surface area contributed by atoms with Gasteiger partial charge in [-0.05, 0) is 20.8 Å². The molecule has 0 aliphatic carbocycles. The summed E-state index contributed by atoms with van der Waals surface area (Å²) in [6.45, 7) is 7.31. The Kier molecular flexibility index (Phi) is 3.99. The van der Waals surface area contributed by atoms with Crippen LogP contribution in [0.15, 0.2) is 0 Å². The van der Waals surface area contributed by atoms with Crippen LogP contribution < -0.4 is 0 Å². The average molecular weight is 283 g/mol. The van der Waals surface area contributed by atoms with E-state index in [9.17, 15) is 14.4 Å². The topological polar surface area (TPSA) is 70.2 Å². The quantitative estimate of drug-likeness (QED) is 0.659. The number of amides is 3. The van der Waals surface area contributed by atoms with Crippen LogP contribution in [0.1, 0.15) is 33.6 Å². The van der Waals surface area contributed by atoms with Gasteiger partial charge in [0, 0.05) is 39.0 Å². The SMILES string of the molecule is CC(C)(C)OC(=O)N1CCN(N2C(=O)CCC2=O)CC1. The number of nitrogens with zero attached hydrogens (tertiary/aromatic N) is 3. The molecule has 2 aliphatic rings. The summed E-state index contributed by atoms with van der Waals surface area (Å²) in [5, 5.41) is 2.95. The van der Waals surface area contributed by atoms with Crippen LogP contribution in [0.3, 0.4) is 0 Å². The van der Waals surface area contributed by atoms with Crippen LogP contribution in [0.5, 0.6) is 0 Å². The van der Waals surface area contributed by atoms with Crippen LogP contribution in [0.4, 0.5) is 4.79 Å². The van der Waals surface area contributed by atoms with Crippen molar-refractivity contribution in [3.63, 3.8) is 0 Å². The fraction of sp³-hybridized carbons (Fsp3) is 0.769. The summed E-state index contributed by atoms with van der Waals surface area (Å²) >= 11 is 0. The van der Waals surface area contributed by atoms with Crippen molar-refractivity contribution in [3.05, 3.63) is 0 Å². The van der Waals surface area contributed by atoms with Gasteiger partial charge >= 0.3 is 6.09 Å². The lowest BCUT2D eigenvalue weighted by Crippen LogP contribution is -2.56. The maximum absolute atomic E-state index is 11.9. The van der Waals surface area contributed by atoms with Gasteiger partial charge < -0.3 is 9.64 Å². The zero-order valence-electron chi connectivity index (χ0n) is 12.2. The molecule has 2 heterocycles. The molecule has 0 atom stereocenters. The first-order valence-corrected chi connectivity index (χ1v) is 6.86. The van der Waals surface area contributed by atoms with Crippen LogP contribution in [0, 0.1) is 0 Å². The third-order valence-electron chi connectivity index (χ3n) is 3.22. The van der Waals surface area contributed by atoms with Crippen LogP contribution in [-0.2, 0) is 14.3 Å². The summed E-state index contributed by atoms with van der Waals surface area (Å²) in [6.07, 6.45) is 0.215. The molecule has 0 N–H and O–H groups in total. The molecule has 0 unspecified atom stereocenters. The van der Waals surface area contributed by atoms with E-state index in [2.05, 4.69) is 0 Å². The van der Waals surface area contributed by atoms with E-state index >= 15 is 0 Å². The number of rotatable bonds is 1. The van der Waals surface area contributed by atoms with Crippen molar-refractivity contribution in [1.29, 1.82) is 0 Å².